The van der Waals surface area contributed by atoms with Crippen LogP contribution in [0.4, 0.5) is 0 Å². The van der Waals surface area contributed by atoms with Gasteiger partial charge in [-0.25, -0.2) is 9.99 Å². The standard InChI is InChI=1S/C27H32N6O2/c1-20-10-12-32-24(21(2)28-25(32)18-20)19-30-14-16-31(17-15-30)26(34)8-9-27(35)33-13-11-23(29-33)22-6-4-3-5-7-22/h3-7,10,12,18H,8-9,11,13-17,19H2,1-2H3. The second-order valence-corrected chi connectivity index (χ2v) is 9.41. The Morgan fingerprint density at radius 1 is 0.914 bits per heavy atom. The minimum Gasteiger partial charge on any atom is -0.340 e. The molecule has 4 heterocycles. The van der Waals surface area contributed by atoms with Crippen LogP contribution in [-0.4, -0.2) is 74.4 Å². The lowest BCUT2D eigenvalue weighted by Gasteiger charge is -2.34. The molecule has 1 saturated heterocycles. The van der Waals surface area contributed by atoms with Crippen LogP contribution in [0.15, 0.2) is 53.8 Å². The van der Waals surface area contributed by atoms with Crippen LogP contribution in [0.3, 0.4) is 0 Å². The smallest absolute Gasteiger partial charge is 0.243 e. The van der Waals surface area contributed by atoms with E-state index in [2.05, 4.69) is 46.6 Å². The van der Waals surface area contributed by atoms with E-state index in [-0.39, 0.29) is 24.7 Å². The molecule has 8 nitrogen and oxygen atoms in total. The van der Waals surface area contributed by atoms with Gasteiger partial charge in [0, 0.05) is 58.2 Å². The van der Waals surface area contributed by atoms with Gasteiger partial charge in [-0.1, -0.05) is 30.3 Å². The molecular formula is C27H32N6O2. The fourth-order valence-electron chi connectivity index (χ4n) is 4.84. The van der Waals surface area contributed by atoms with E-state index in [0.717, 1.165) is 48.7 Å². The minimum absolute atomic E-state index is 0.0471. The topological polar surface area (TPSA) is 73.5 Å². The van der Waals surface area contributed by atoms with E-state index in [0.29, 0.717) is 19.6 Å². The summed E-state index contributed by atoms with van der Waals surface area (Å²) in [6.45, 7) is 8.52. The summed E-state index contributed by atoms with van der Waals surface area (Å²) in [7, 11) is 0. The molecule has 5 rings (SSSR count). The zero-order valence-corrected chi connectivity index (χ0v) is 20.5. The van der Waals surface area contributed by atoms with Gasteiger partial charge in [-0.3, -0.25) is 14.5 Å². The maximum absolute atomic E-state index is 12.8. The molecule has 1 fully saturated rings. The van der Waals surface area contributed by atoms with E-state index in [4.69, 9.17) is 4.98 Å². The number of aryl methyl sites for hydroxylation is 2. The lowest BCUT2D eigenvalue weighted by molar-refractivity contribution is -0.137. The Labute approximate surface area is 205 Å². The van der Waals surface area contributed by atoms with Crippen LogP contribution in [0.2, 0.25) is 0 Å². The minimum atomic E-state index is -0.0822. The van der Waals surface area contributed by atoms with Crippen LogP contribution in [-0.2, 0) is 16.1 Å². The van der Waals surface area contributed by atoms with Gasteiger partial charge in [-0.05, 0) is 37.1 Å². The molecule has 0 N–H and O–H groups in total. The highest BCUT2D eigenvalue weighted by molar-refractivity contribution is 6.02. The highest BCUT2D eigenvalue weighted by atomic mass is 16.2. The molecule has 182 valence electrons. The number of hydrazone groups is 1. The first-order valence-electron chi connectivity index (χ1n) is 12.4. The van der Waals surface area contributed by atoms with Crippen molar-refractivity contribution < 1.29 is 9.59 Å². The Morgan fingerprint density at radius 3 is 2.43 bits per heavy atom. The van der Waals surface area contributed by atoms with Gasteiger partial charge in [0.15, 0.2) is 0 Å². The third kappa shape index (κ3) is 5.12. The van der Waals surface area contributed by atoms with E-state index in [1.165, 1.54) is 16.3 Å². The quantitative estimate of drug-likeness (QED) is 0.553. The summed E-state index contributed by atoms with van der Waals surface area (Å²) in [6, 6.07) is 14.1. The first-order valence-corrected chi connectivity index (χ1v) is 12.4. The second kappa shape index (κ2) is 10.00. The predicted molar refractivity (Wildman–Crippen MR) is 135 cm³/mol. The van der Waals surface area contributed by atoms with E-state index in [1.807, 2.05) is 35.2 Å². The first-order chi connectivity index (χ1) is 17.0. The van der Waals surface area contributed by atoms with Crippen LogP contribution >= 0.6 is 0 Å². The predicted octanol–water partition coefficient (Wildman–Crippen LogP) is 3.01. The van der Waals surface area contributed by atoms with Gasteiger partial charge in [0.2, 0.25) is 11.8 Å². The van der Waals surface area contributed by atoms with Crippen LogP contribution in [0.5, 0.6) is 0 Å². The number of fused-ring (bicyclic) bond motifs is 1. The van der Waals surface area contributed by atoms with Crippen molar-refractivity contribution in [2.24, 2.45) is 5.10 Å². The number of pyridine rings is 1. The van der Waals surface area contributed by atoms with Gasteiger partial charge >= 0.3 is 0 Å². The van der Waals surface area contributed by atoms with E-state index in [1.54, 1.807) is 0 Å². The second-order valence-electron chi connectivity index (χ2n) is 9.41. The first kappa shape index (κ1) is 23.2. The molecule has 2 amide bonds. The molecule has 3 aromatic rings. The number of carbonyl (C=O) groups excluding carboxylic acids is 2. The summed E-state index contributed by atoms with van der Waals surface area (Å²) < 4.78 is 2.16. The molecule has 2 aliphatic rings. The van der Waals surface area contributed by atoms with Crippen molar-refractivity contribution in [2.75, 3.05) is 32.7 Å². The van der Waals surface area contributed by atoms with Crippen LogP contribution in [0, 0.1) is 13.8 Å². The van der Waals surface area contributed by atoms with Crippen molar-refractivity contribution in [3.05, 3.63) is 71.2 Å². The highest BCUT2D eigenvalue weighted by Gasteiger charge is 2.25. The number of benzene rings is 1. The van der Waals surface area contributed by atoms with E-state index in [9.17, 15) is 9.59 Å². The molecule has 2 aromatic heterocycles. The third-order valence-corrected chi connectivity index (χ3v) is 6.93. The van der Waals surface area contributed by atoms with Gasteiger partial charge in [-0.2, -0.15) is 5.10 Å². The number of hydrogen-bond acceptors (Lipinski definition) is 5. The van der Waals surface area contributed by atoms with Gasteiger partial charge in [0.1, 0.15) is 5.65 Å². The maximum atomic E-state index is 12.8. The monoisotopic (exact) mass is 472 g/mol. The Bertz CT molecular complexity index is 1260. The highest BCUT2D eigenvalue weighted by Crippen LogP contribution is 2.18. The summed E-state index contributed by atoms with van der Waals surface area (Å²) in [6.07, 6.45) is 3.27. The number of imidazole rings is 1. The van der Waals surface area contributed by atoms with E-state index >= 15 is 0 Å². The summed E-state index contributed by atoms with van der Waals surface area (Å²) >= 11 is 0. The molecular weight excluding hydrogens is 440 g/mol. The Hall–Kier alpha value is -3.52. The number of rotatable bonds is 6. The van der Waals surface area contributed by atoms with Crippen molar-refractivity contribution >= 4 is 23.2 Å². The molecule has 35 heavy (non-hydrogen) atoms. The number of amides is 2. The molecule has 0 saturated carbocycles. The molecule has 0 unspecified atom stereocenters. The number of hydrogen-bond donors (Lipinski definition) is 0. The summed E-state index contributed by atoms with van der Waals surface area (Å²) in [5.74, 6) is -0.0350. The van der Waals surface area contributed by atoms with Gasteiger partial charge in [0.25, 0.3) is 0 Å². The number of nitrogens with zero attached hydrogens (tertiary/aromatic N) is 6. The Balaban J connectivity index is 1.10. The van der Waals surface area contributed by atoms with Crippen LogP contribution in [0.25, 0.3) is 5.65 Å². The van der Waals surface area contributed by atoms with E-state index < -0.39 is 0 Å². The molecule has 1 aromatic carbocycles. The molecule has 8 heteroatoms. The lowest BCUT2D eigenvalue weighted by Crippen LogP contribution is -2.48. The number of piperazine rings is 1. The molecule has 0 atom stereocenters. The summed E-state index contributed by atoms with van der Waals surface area (Å²) in [4.78, 5) is 34.4. The van der Waals surface area contributed by atoms with Crippen molar-refractivity contribution in [2.45, 2.75) is 39.7 Å². The lowest BCUT2D eigenvalue weighted by atomic mass is 10.1. The van der Waals surface area contributed by atoms with Gasteiger partial charge in [-0.15, -0.1) is 0 Å². The van der Waals surface area contributed by atoms with Gasteiger partial charge in [0.05, 0.1) is 23.6 Å². The molecule has 0 aliphatic carbocycles. The zero-order chi connectivity index (χ0) is 24.4. The Morgan fingerprint density at radius 2 is 1.66 bits per heavy atom. The fourth-order valence-corrected chi connectivity index (χ4v) is 4.84. The average molecular weight is 473 g/mol. The SMILES string of the molecule is Cc1ccn2c(CN3CCN(C(=O)CCC(=O)N4CCC(c5ccccc5)=N4)CC3)c(C)nc2c1. The molecule has 0 radical (unpaired) electrons. The Kier molecular flexibility index (Phi) is 6.63. The third-order valence-electron chi connectivity index (χ3n) is 6.93. The molecule has 0 bridgehead atoms. The van der Waals surface area contributed by atoms with Crippen molar-refractivity contribution in [1.82, 2.24) is 24.2 Å². The summed E-state index contributed by atoms with van der Waals surface area (Å²) in [5.41, 5.74) is 6.41. The molecule has 0 spiro atoms. The van der Waals surface area contributed by atoms with Crippen molar-refractivity contribution in [3.63, 3.8) is 0 Å². The van der Waals surface area contributed by atoms with Crippen LogP contribution < -0.4 is 0 Å². The van der Waals surface area contributed by atoms with Crippen molar-refractivity contribution in [3.8, 4) is 0 Å². The maximum Gasteiger partial charge on any atom is 0.243 e. The largest absolute Gasteiger partial charge is 0.340 e. The average Bonchev–Trinajstić information content (AvgIpc) is 3.48. The summed E-state index contributed by atoms with van der Waals surface area (Å²) in [5, 5.41) is 6.01. The number of carbonyl (C=O) groups is 2. The fraction of sp³-hybridized carbons (Fsp3) is 0.407. The van der Waals surface area contributed by atoms with Crippen LogP contribution in [0.1, 0.15) is 41.8 Å². The number of aromatic nitrogens is 2. The normalized spacial score (nSPS) is 16.7. The zero-order valence-electron chi connectivity index (χ0n) is 20.5. The van der Waals surface area contributed by atoms with Gasteiger partial charge < -0.3 is 9.30 Å². The van der Waals surface area contributed by atoms with Crippen molar-refractivity contribution in [1.29, 1.82) is 0 Å². The molecule has 2 aliphatic heterocycles.